The first-order valence-corrected chi connectivity index (χ1v) is 7.58. The average Bonchev–Trinajstić information content (AvgIpc) is 2.43. The normalized spacial score (nSPS) is 21.5. The maximum atomic E-state index is 13.7. The number of hydrogen-bond donors (Lipinski definition) is 0. The topological polar surface area (TPSA) is 46.6 Å². The van der Waals surface area contributed by atoms with Crippen molar-refractivity contribution in [2.24, 2.45) is 11.8 Å². The van der Waals surface area contributed by atoms with E-state index < -0.39 is 5.82 Å². The van der Waals surface area contributed by atoms with E-state index in [1.165, 1.54) is 19.1 Å². The fraction of sp³-hybridized carbons (Fsp3) is 0.529. The van der Waals surface area contributed by atoms with E-state index >= 15 is 0 Å². The van der Waals surface area contributed by atoms with E-state index in [0.29, 0.717) is 11.8 Å². The Bertz CT molecular complexity index is 563. The molecule has 2 unspecified atom stereocenters. The lowest BCUT2D eigenvalue weighted by Gasteiger charge is -2.34. The molecule has 1 aliphatic heterocycles. The summed E-state index contributed by atoms with van der Waals surface area (Å²) in [6.45, 7) is 6.94. The first kappa shape index (κ1) is 16.5. The molecule has 0 bridgehead atoms. The number of benzene rings is 1. The maximum Gasteiger partial charge on any atom is 0.260 e. The molecule has 0 aliphatic carbocycles. The van der Waals surface area contributed by atoms with Crippen molar-refractivity contribution in [2.75, 3.05) is 19.7 Å². The molecule has 0 spiro atoms. The van der Waals surface area contributed by atoms with Gasteiger partial charge in [-0.15, -0.1) is 0 Å². The Morgan fingerprint density at radius 1 is 1.27 bits per heavy atom. The minimum atomic E-state index is -0.627. The van der Waals surface area contributed by atoms with E-state index in [4.69, 9.17) is 4.74 Å². The summed E-state index contributed by atoms with van der Waals surface area (Å²) in [6.07, 6.45) is 1.13. The molecular weight excluding hydrogens is 285 g/mol. The summed E-state index contributed by atoms with van der Waals surface area (Å²) in [6, 6.07) is 4.03. The number of ketones is 1. The SMILES string of the molecule is CC(=O)c1ccc(OCC(=O)N2CC(C)CC(C)C2)cc1F. The molecule has 0 aromatic heterocycles. The molecule has 1 amide bonds. The summed E-state index contributed by atoms with van der Waals surface area (Å²) in [5.41, 5.74) is 0.0253. The molecule has 2 rings (SSSR count). The van der Waals surface area contributed by atoms with Crippen LogP contribution in [0.4, 0.5) is 4.39 Å². The van der Waals surface area contributed by atoms with Crippen LogP contribution in [0.15, 0.2) is 18.2 Å². The number of carbonyl (C=O) groups is 2. The van der Waals surface area contributed by atoms with Crippen molar-refractivity contribution >= 4 is 11.7 Å². The lowest BCUT2D eigenvalue weighted by atomic mass is 9.92. The Kier molecular flexibility index (Phi) is 5.16. The van der Waals surface area contributed by atoms with E-state index in [1.807, 2.05) is 0 Å². The Labute approximate surface area is 130 Å². The van der Waals surface area contributed by atoms with Crippen LogP contribution in [0, 0.1) is 17.7 Å². The van der Waals surface area contributed by atoms with Gasteiger partial charge in [0.05, 0.1) is 5.56 Å². The maximum absolute atomic E-state index is 13.7. The molecule has 4 nitrogen and oxygen atoms in total. The fourth-order valence-corrected chi connectivity index (χ4v) is 2.97. The molecule has 0 saturated carbocycles. The molecule has 1 fully saturated rings. The third-order valence-corrected chi connectivity index (χ3v) is 3.90. The van der Waals surface area contributed by atoms with Crippen LogP contribution in [0.25, 0.3) is 0 Å². The second-order valence-electron chi connectivity index (χ2n) is 6.23. The highest BCUT2D eigenvalue weighted by molar-refractivity contribution is 5.94. The first-order valence-electron chi connectivity index (χ1n) is 7.58. The van der Waals surface area contributed by atoms with Crippen molar-refractivity contribution in [3.8, 4) is 5.75 Å². The predicted molar refractivity (Wildman–Crippen MR) is 81.4 cm³/mol. The van der Waals surface area contributed by atoms with Crippen molar-refractivity contribution in [1.82, 2.24) is 4.90 Å². The quantitative estimate of drug-likeness (QED) is 0.804. The molecule has 1 heterocycles. The molecule has 0 radical (unpaired) electrons. The highest BCUT2D eigenvalue weighted by Gasteiger charge is 2.25. The van der Waals surface area contributed by atoms with Crippen molar-refractivity contribution in [1.29, 1.82) is 0 Å². The minimum absolute atomic E-state index is 0.0253. The number of amides is 1. The van der Waals surface area contributed by atoms with E-state index in [0.717, 1.165) is 25.6 Å². The molecule has 22 heavy (non-hydrogen) atoms. The lowest BCUT2D eigenvalue weighted by molar-refractivity contribution is -0.136. The summed E-state index contributed by atoms with van der Waals surface area (Å²) in [5, 5.41) is 0. The van der Waals surface area contributed by atoms with Crippen LogP contribution in [-0.2, 0) is 4.79 Å². The summed E-state index contributed by atoms with van der Waals surface area (Å²) < 4.78 is 19.1. The van der Waals surface area contributed by atoms with E-state index in [2.05, 4.69) is 13.8 Å². The molecule has 1 saturated heterocycles. The van der Waals surface area contributed by atoms with Crippen LogP contribution >= 0.6 is 0 Å². The van der Waals surface area contributed by atoms with Crippen molar-refractivity contribution in [2.45, 2.75) is 27.2 Å². The van der Waals surface area contributed by atoms with Gasteiger partial charge in [-0.2, -0.15) is 0 Å². The highest BCUT2D eigenvalue weighted by atomic mass is 19.1. The second kappa shape index (κ2) is 6.90. The molecular formula is C17H22FNO3. The predicted octanol–water partition coefficient (Wildman–Crippen LogP) is 2.91. The van der Waals surface area contributed by atoms with Gasteiger partial charge in [0.1, 0.15) is 11.6 Å². The molecule has 2 atom stereocenters. The van der Waals surface area contributed by atoms with Crippen LogP contribution in [0.5, 0.6) is 5.75 Å². The monoisotopic (exact) mass is 307 g/mol. The summed E-state index contributed by atoms with van der Waals surface area (Å²) in [4.78, 5) is 25.2. The Morgan fingerprint density at radius 2 is 1.91 bits per heavy atom. The zero-order chi connectivity index (χ0) is 16.3. The third kappa shape index (κ3) is 4.06. The lowest BCUT2D eigenvalue weighted by Crippen LogP contribution is -2.44. The number of ether oxygens (including phenoxy) is 1. The van der Waals surface area contributed by atoms with Gasteiger partial charge in [-0.25, -0.2) is 4.39 Å². The fourth-order valence-electron chi connectivity index (χ4n) is 2.97. The second-order valence-corrected chi connectivity index (χ2v) is 6.23. The number of hydrogen-bond acceptors (Lipinski definition) is 3. The number of piperidine rings is 1. The van der Waals surface area contributed by atoms with E-state index in [-0.39, 0.29) is 29.6 Å². The summed E-state index contributed by atoms with van der Waals surface area (Å²) in [5.74, 6) is 0.178. The molecule has 5 heteroatoms. The van der Waals surface area contributed by atoms with Gasteiger partial charge in [0.15, 0.2) is 12.4 Å². The van der Waals surface area contributed by atoms with Crippen molar-refractivity contribution in [3.63, 3.8) is 0 Å². The van der Waals surface area contributed by atoms with Gasteiger partial charge in [0.2, 0.25) is 0 Å². The van der Waals surface area contributed by atoms with Crippen LogP contribution in [0.3, 0.4) is 0 Å². The molecule has 1 aromatic rings. The van der Waals surface area contributed by atoms with Gasteiger partial charge < -0.3 is 9.64 Å². The zero-order valence-corrected chi connectivity index (χ0v) is 13.3. The van der Waals surface area contributed by atoms with Crippen LogP contribution in [-0.4, -0.2) is 36.3 Å². The van der Waals surface area contributed by atoms with Crippen LogP contribution < -0.4 is 4.74 Å². The molecule has 120 valence electrons. The van der Waals surface area contributed by atoms with Gasteiger partial charge in [-0.3, -0.25) is 9.59 Å². The molecule has 1 aliphatic rings. The minimum Gasteiger partial charge on any atom is -0.484 e. The zero-order valence-electron chi connectivity index (χ0n) is 13.3. The van der Waals surface area contributed by atoms with Crippen LogP contribution in [0.1, 0.15) is 37.6 Å². The van der Waals surface area contributed by atoms with Crippen molar-refractivity contribution < 1.29 is 18.7 Å². The Balaban J connectivity index is 1.93. The van der Waals surface area contributed by atoms with Gasteiger partial charge in [-0.1, -0.05) is 13.8 Å². The smallest absolute Gasteiger partial charge is 0.260 e. The molecule has 1 aromatic carbocycles. The van der Waals surface area contributed by atoms with E-state index in [9.17, 15) is 14.0 Å². The van der Waals surface area contributed by atoms with Crippen LogP contribution in [0.2, 0.25) is 0 Å². The molecule has 0 N–H and O–H groups in total. The Morgan fingerprint density at radius 3 is 2.45 bits per heavy atom. The highest BCUT2D eigenvalue weighted by Crippen LogP contribution is 2.21. The standard InChI is InChI=1S/C17H22FNO3/c1-11-6-12(2)9-19(8-11)17(21)10-22-14-4-5-15(13(3)20)16(18)7-14/h4-5,7,11-12H,6,8-10H2,1-3H3. The summed E-state index contributed by atoms with van der Waals surface area (Å²) >= 11 is 0. The number of Topliss-reactive ketones (excluding diaryl/α,β-unsaturated/α-hetero) is 1. The van der Waals surface area contributed by atoms with Gasteiger partial charge in [-0.05, 0) is 37.3 Å². The number of rotatable bonds is 4. The summed E-state index contributed by atoms with van der Waals surface area (Å²) in [7, 11) is 0. The largest absolute Gasteiger partial charge is 0.484 e. The first-order chi connectivity index (χ1) is 10.4. The number of halogens is 1. The third-order valence-electron chi connectivity index (χ3n) is 3.90. The van der Waals surface area contributed by atoms with Gasteiger partial charge in [0.25, 0.3) is 5.91 Å². The number of likely N-dealkylation sites (tertiary alicyclic amines) is 1. The van der Waals surface area contributed by atoms with Gasteiger partial charge >= 0.3 is 0 Å². The number of carbonyl (C=O) groups excluding carboxylic acids is 2. The average molecular weight is 307 g/mol. The Hall–Kier alpha value is -1.91. The van der Waals surface area contributed by atoms with Gasteiger partial charge in [0, 0.05) is 19.2 Å². The van der Waals surface area contributed by atoms with Crippen molar-refractivity contribution in [3.05, 3.63) is 29.6 Å². The van der Waals surface area contributed by atoms with E-state index in [1.54, 1.807) is 4.90 Å². The number of nitrogens with zero attached hydrogens (tertiary/aromatic N) is 1.